The molecule has 22 heavy (non-hydrogen) atoms. The Kier molecular flexibility index (Phi) is 3.49. The first-order valence-corrected chi connectivity index (χ1v) is 6.56. The topological polar surface area (TPSA) is 90.4 Å². The van der Waals surface area contributed by atoms with Crippen LogP contribution >= 0.6 is 0 Å². The van der Waals surface area contributed by atoms with Gasteiger partial charge in [0, 0.05) is 0 Å². The van der Waals surface area contributed by atoms with Crippen LogP contribution in [0.4, 0.5) is 5.82 Å². The number of nitrogens with zero attached hydrogens (tertiary/aromatic N) is 2. The quantitative estimate of drug-likeness (QED) is 0.772. The Morgan fingerprint density at radius 3 is 2.45 bits per heavy atom. The summed E-state index contributed by atoms with van der Waals surface area (Å²) in [5.74, 6) is 0.126. The van der Waals surface area contributed by atoms with E-state index in [0.717, 1.165) is 0 Å². The molecule has 0 fully saturated rings. The van der Waals surface area contributed by atoms with Gasteiger partial charge in [-0.2, -0.15) is 5.10 Å². The predicted octanol–water partition coefficient (Wildman–Crippen LogP) is 2.95. The van der Waals surface area contributed by atoms with Crippen molar-refractivity contribution in [3.63, 3.8) is 0 Å². The van der Waals surface area contributed by atoms with E-state index in [0.29, 0.717) is 17.2 Å². The molecule has 3 rings (SSSR count). The molecule has 0 saturated heterocycles. The molecule has 0 aliphatic carbocycles. The van der Waals surface area contributed by atoms with Crippen LogP contribution in [0.5, 0.6) is 11.5 Å². The number of hydrogen-bond acceptors (Lipinski definition) is 4. The summed E-state index contributed by atoms with van der Waals surface area (Å²) < 4.78 is 7.17. The largest absolute Gasteiger partial charge is 0.477 e. The van der Waals surface area contributed by atoms with E-state index < -0.39 is 5.97 Å². The minimum absolute atomic E-state index is 0.0467. The SMILES string of the molecule is Nc1c(C(=O)O)cnn1-c1ccccc1Oc1ccccc1. The zero-order valence-electron chi connectivity index (χ0n) is 11.5. The standard InChI is InChI=1S/C16H13N3O3/c17-15-12(16(20)21)10-18-19(15)13-8-4-5-9-14(13)22-11-6-2-1-3-7-11/h1-10H,17H2,(H,20,21). The molecule has 0 atom stereocenters. The number of benzene rings is 2. The second-order valence-electron chi connectivity index (χ2n) is 4.54. The third kappa shape index (κ3) is 2.49. The maximum Gasteiger partial charge on any atom is 0.341 e. The van der Waals surface area contributed by atoms with E-state index in [4.69, 9.17) is 15.6 Å². The molecule has 0 spiro atoms. The van der Waals surface area contributed by atoms with Gasteiger partial charge in [-0.1, -0.05) is 30.3 Å². The summed E-state index contributed by atoms with van der Waals surface area (Å²) in [4.78, 5) is 11.1. The van der Waals surface area contributed by atoms with E-state index in [1.807, 2.05) is 36.4 Å². The lowest BCUT2D eigenvalue weighted by Crippen LogP contribution is -2.06. The summed E-state index contributed by atoms with van der Waals surface area (Å²) in [7, 11) is 0. The van der Waals surface area contributed by atoms with Gasteiger partial charge in [-0.25, -0.2) is 9.48 Å². The molecule has 110 valence electrons. The van der Waals surface area contributed by atoms with E-state index in [9.17, 15) is 4.79 Å². The molecule has 1 heterocycles. The minimum Gasteiger partial charge on any atom is -0.477 e. The van der Waals surface area contributed by atoms with Gasteiger partial charge < -0.3 is 15.6 Å². The lowest BCUT2D eigenvalue weighted by atomic mass is 10.2. The number of anilines is 1. The number of aromatic nitrogens is 2. The highest BCUT2D eigenvalue weighted by atomic mass is 16.5. The molecule has 1 aromatic heterocycles. The van der Waals surface area contributed by atoms with Crippen LogP contribution in [0, 0.1) is 0 Å². The van der Waals surface area contributed by atoms with Crippen molar-refractivity contribution in [2.24, 2.45) is 0 Å². The predicted molar refractivity (Wildman–Crippen MR) is 81.5 cm³/mol. The maximum absolute atomic E-state index is 11.1. The fraction of sp³-hybridized carbons (Fsp3) is 0. The number of hydrogen-bond donors (Lipinski definition) is 2. The van der Waals surface area contributed by atoms with Crippen LogP contribution in [0.3, 0.4) is 0 Å². The minimum atomic E-state index is -1.12. The number of nitrogen functional groups attached to an aromatic ring is 1. The van der Waals surface area contributed by atoms with Crippen LogP contribution in [-0.2, 0) is 0 Å². The van der Waals surface area contributed by atoms with Crippen molar-refractivity contribution in [3.05, 3.63) is 66.4 Å². The summed E-state index contributed by atoms with van der Waals surface area (Å²) in [6.45, 7) is 0. The molecule has 6 nitrogen and oxygen atoms in total. The second-order valence-corrected chi connectivity index (χ2v) is 4.54. The Morgan fingerprint density at radius 1 is 1.09 bits per heavy atom. The summed E-state index contributed by atoms with van der Waals surface area (Å²) >= 11 is 0. The van der Waals surface area contributed by atoms with Crippen molar-refractivity contribution in [2.75, 3.05) is 5.73 Å². The molecule has 0 unspecified atom stereocenters. The number of carboxylic acid groups (broad SMARTS) is 1. The van der Waals surface area contributed by atoms with Crippen LogP contribution in [0.15, 0.2) is 60.8 Å². The number of carbonyl (C=O) groups is 1. The number of aromatic carboxylic acids is 1. The third-order valence-corrected chi connectivity index (χ3v) is 3.10. The van der Waals surface area contributed by atoms with Crippen molar-refractivity contribution in [3.8, 4) is 17.2 Å². The highest BCUT2D eigenvalue weighted by Crippen LogP contribution is 2.29. The van der Waals surface area contributed by atoms with Gasteiger partial charge in [0.1, 0.15) is 22.8 Å². The summed E-state index contributed by atoms with van der Waals surface area (Å²) in [6.07, 6.45) is 1.22. The first kappa shape index (κ1) is 13.7. The molecule has 0 aliphatic heterocycles. The molecule has 0 saturated carbocycles. The van der Waals surface area contributed by atoms with Crippen LogP contribution in [0.2, 0.25) is 0 Å². The van der Waals surface area contributed by atoms with Gasteiger partial charge in [-0.05, 0) is 24.3 Å². The van der Waals surface area contributed by atoms with Crippen molar-refractivity contribution in [1.82, 2.24) is 9.78 Å². The lowest BCUT2D eigenvalue weighted by molar-refractivity contribution is 0.0698. The third-order valence-electron chi connectivity index (χ3n) is 3.10. The Labute approximate surface area is 126 Å². The fourth-order valence-corrected chi connectivity index (χ4v) is 2.05. The van der Waals surface area contributed by atoms with Gasteiger partial charge in [0.15, 0.2) is 5.75 Å². The smallest absolute Gasteiger partial charge is 0.341 e. The van der Waals surface area contributed by atoms with Gasteiger partial charge in [0.25, 0.3) is 0 Å². The molecule has 6 heteroatoms. The van der Waals surface area contributed by atoms with Crippen LogP contribution in [0.1, 0.15) is 10.4 Å². The highest BCUT2D eigenvalue weighted by molar-refractivity contribution is 5.92. The van der Waals surface area contributed by atoms with E-state index in [1.165, 1.54) is 10.9 Å². The maximum atomic E-state index is 11.1. The molecular formula is C16H13N3O3. The number of para-hydroxylation sites is 3. The van der Waals surface area contributed by atoms with Gasteiger partial charge in [-0.3, -0.25) is 0 Å². The van der Waals surface area contributed by atoms with Crippen molar-refractivity contribution in [2.45, 2.75) is 0 Å². The van der Waals surface area contributed by atoms with Crippen LogP contribution < -0.4 is 10.5 Å². The van der Waals surface area contributed by atoms with Crippen molar-refractivity contribution < 1.29 is 14.6 Å². The van der Waals surface area contributed by atoms with E-state index >= 15 is 0 Å². The number of carboxylic acids is 1. The van der Waals surface area contributed by atoms with E-state index in [2.05, 4.69) is 5.10 Å². The lowest BCUT2D eigenvalue weighted by Gasteiger charge is -2.12. The van der Waals surface area contributed by atoms with E-state index in [1.54, 1.807) is 18.2 Å². The molecular weight excluding hydrogens is 282 g/mol. The zero-order valence-corrected chi connectivity index (χ0v) is 11.5. The molecule has 0 bridgehead atoms. The van der Waals surface area contributed by atoms with Crippen LogP contribution in [0.25, 0.3) is 5.69 Å². The first-order valence-electron chi connectivity index (χ1n) is 6.56. The Bertz CT molecular complexity index is 813. The Hall–Kier alpha value is -3.28. The molecule has 0 amide bonds. The normalized spacial score (nSPS) is 10.4. The second kappa shape index (κ2) is 5.61. The van der Waals surface area contributed by atoms with Crippen molar-refractivity contribution >= 4 is 11.8 Å². The average Bonchev–Trinajstić information content (AvgIpc) is 2.91. The monoisotopic (exact) mass is 295 g/mol. The average molecular weight is 295 g/mol. The van der Waals surface area contributed by atoms with Crippen LogP contribution in [-0.4, -0.2) is 20.9 Å². The fourth-order valence-electron chi connectivity index (χ4n) is 2.05. The number of nitrogens with two attached hydrogens (primary N) is 1. The zero-order chi connectivity index (χ0) is 15.5. The van der Waals surface area contributed by atoms with Crippen molar-refractivity contribution in [1.29, 1.82) is 0 Å². The first-order chi connectivity index (χ1) is 10.7. The van der Waals surface area contributed by atoms with Gasteiger partial charge in [0.2, 0.25) is 0 Å². The number of rotatable bonds is 4. The Balaban J connectivity index is 2.03. The van der Waals surface area contributed by atoms with Gasteiger partial charge in [0.05, 0.1) is 6.20 Å². The molecule has 3 N–H and O–H groups in total. The van der Waals surface area contributed by atoms with Gasteiger partial charge >= 0.3 is 5.97 Å². The summed E-state index contributed by atoms with van der Waals surface area (Å²) in [5, 5.41) is 13.1. The highest BCUT2D eigenvalue weighted by Gasteiger charge is 2.17. The molecule has 2 aromatic carbocycles. The van der Waals surface area contributed by atoms with E-state index in [-0.39, 0.29) is 11.4 Å². The molecule has 0 radical (unpaired) electrons. The summed E-state index contributed by atoms with van der Waals surface area (Å²) in [6, 6.07) is 16.4. The number of ether oxygens (including phenoxy) is 1. The molecule has 3 aromatic rings. The Morgan fingerprint density at radius 2 is 1.77 bits per heavy atom. The summed E-state index contributed by atoms with van der Waals surface area (Å²) in [5.41, 5.74) is 6.38. The van der Waals surface area contributed by atoms with Gasteiger partial charge in [-0.15, -0.1) is 0 Å². The molecule has 0 aliphatic rings.